The molecule has 3 heterocycles. The molecule has 0 radical (unpaired) electrons. The van der Waals surface area contributed by atoms with Crippen LogP contribution in [0.1, 0.15) is 11.4 Å². The van der Waals surface area contributed by atoms with Crippen molar-refractivity contribution in [3.63, 3.8) is 0 Å². The molecule has 1 fully saturated rings. The summed E-state index contributed by atoms with van der Waals surface area (Å²) < 4.78 is 7.12. The van der Waals surface area contributed by atoms with Gasteiger partial charge in [-0.25, -0.2) is 4.68 Å². The van der Waals surface area contributed by atoms with Crippen LogP contribution in [0.5, 0.6) is 0 Å². The van der Waals surface area contributed by atoms with Gasteiger partial charge in [-0.2, -0.15) is 4.98 Å². The zero-order valence-electron chi connectivity index (χ0n) is 15.4. The van der Waals surface area contributed by atoms with E-state index < -0.39 is 0 Å². The standard InChI is InChI=1S/C19H23N7O/c1-24-10-12-25(13-11-24)15-18-20-19(27-22-18)17-14-26(23-21-17)9-5-8-16-6-3-2-4-7-16/h2-8,14H,9-13,15H2,1H3/b8-5+. The molecule has 8 heteroatoms. The number of likely N-dealkylation sites (N-methyl/N-ethyl adjacent to an activating group) is 1. The largest absolute Gasteiger partial charge is 0.332 e. The van der Waals surface area contributed by atoms with Crippen molar-refractivity contribution >= 4 is 6.08 Å². The minimum Gasteiger partial charge on any atom is -0.332 e. The van der Waals surface area contributed by atoms with Gasteiger partial charge in [0, 0.05) is 26.2 Å². The third-order valence-corrected chi connectivity index (χ3v) is 4.59. The highest BCUT2D eigenvalue weighted by Gasteiger charge is 2.18. The van der Waals surface area contributed by atoms with Crippen LogP contribution in [-0.2, 0) is 13.1 Å². The summed E-state index contributed by atoms with van der Waals surface area (Å²) in [7, 11) is 2.14. The van der Waals surface area contributed by atoms with Crippen molar-refractivity contribution in [3.8, 4) is 11.6 Å². The lowest BCUT2D eigenvalue weighted by atomic mass is 10.2. The van der Waals surface area contributed by atoms with Gasteiger partial charge in [0.15, 0.2) is 11.5 Å². The van der Waals surface area contributed by atoms with Crippen LogP contribution in [0.3, 0.4) is 0 Å². The van der Waals surface area contributed by atoms with Gasteiger partial charge in [0.05, 0.1) is 19.3 Å². The van der Waals surface area contributed by atoms with E-state index in [2.05, 4.69) is 55.5 Å². The molecule has 27 heavy (non-hydrogen) atoms. The first kappa shape index (κ1) is 17.6. The van der Waals surface area contributed by atoms with Crippen molar-refractivity contribution in [3.05, 3.63) is 54.0 Å². The number of piperazine rings is 1. The van der Waals surface area contributed by atoms with Crippen molar-refractivity contribution < 1.29 is 4.52 Å². The average Bonchev–Trinajstić information content (AvgIpc) is 3.34. The molecular weight excluding hydrogens is 342 g/mol. The van der Waals surface area contributed by atoms with Crippen LogP contribution in [0.25, 0.3) is 17.7 Å². The van der Waals surface area contributed by atoms with Crippen molar-refractivity contribution in [1.29, 1.82) is 0 Å². The normalized spacial score (nSPS) is 16.3. The van der Waals surface area contributed by atoms with Crippen molar-refractivity contribution in [2.24, 2.45) is 0 Å². The number of hydrogen-bond donors (Lipinski definition) is 0. The predicted octanol–water partition coefficient (Wildman–Crippen LogP) is 1.79. The minimum absolute atomic E-state index is 0.414. The minimum atomic E-state index is 0.414. The molecule has 3 aromatic rings. The predicted molar refractivity (Wildman–Crippen MR) is 102 cm³/mol. The maximum absolute atomic E-state index is 5.37. The summed E-state index contributed by atoms with van der Waals surface area (Å²) in [5.74, 6) is 1.10. The molecule has 0 spiro atoms. The van der Waals surface area contributed by atoms with Gasteiger partial charge in [-0.1, -0.05) is 52.9 Å². The molecule has 2 aromatic heterocycles. The van der Waals surface area contributed by atoms with Gasteiger partial charge in [-0.05, 0) is 12.6 Å². The van der Waals surface area contributed by atoms with Gasteiger partial charge >= 0.3 is 0 Å². The fraction of sp³-hybridized carbons (Fsp3) is 0.368. The first-order valence-corrected chi connectivity index (χ1v) is 9.12. The van der Waals surface area contributed by atoms with Gasteiger partial charge < -0.3 is 9.42 Å². The number of benzene rings is 1. The maximum Gasteiger partial charge on any atom is 0.280 e. The Labute approximate surface area is 158 Å². The van der Waals surface area contributed by atoms with Crippen LogP contribution in [0.4, 0.5) is 0 Å². The maximum atomic E-state index is 5.37. The summed E-state index contributed by atoms with van der Waals surface area (Å²) in [5.41, 5.74) is 1.75. The van der Waals surface area contributed by atoms with Gasteiger partial charge in [0.2, 0.25) is 0 Å². The van der Waals surface area contributed by atoms with Crippen molar-refractivity contribution in [2.75, 3.05) is 33.2 Å². The van der Waals surface area contributed by atoms with Crippen LogP contribution in [0.2, 0.25) is 0 Å². The van der Waals surface area contributed by atoms with Crippen LogP contribution >= 0.6 is 0 Å². The Morgan fingerprint density at radius 2 is 1.93 bits per heavy atom. The summed E-state index contributed by atoms with van der Waals surface area (Å²) in [5, 5.41) is 12.4. The molecule has 1 aliphatic rings. The molecule has 0 N–H and O–H groups in total. The first-order valence-electron chi connectivity index (χ1n) is 9.12. The second kappa shape index (κ2) is 8.24. The highest BCUT2D eigenvalue weighted by molar-refractivity contribution is 5.48. The lowest BCUT2D eigenvalue weighted by Gasteiger charge is -2.31. The number of allylic oxidation sites excluding steroid dienone is 1. The van der Waals surface area contributed by atoms with Crippen molar-refractivity contribution in [1.82, 2.24) is 34.9 Å². The quantitative estimate of drug-likeness (QED) is 0.659. The number of hydrogen-bond acceptors (Lipinski definition) is 7. The molecule has 0 unspecified atom stereocenters. The molecule has 140 valence electrons. The number of rotatable bonds is 6. The van der Waals surface area contributed by atoms with Crippen LogP contribution in [0, 0.1) is 0 Å². The zero-order valence-corrected chi connectivity index (χ0v) is 15.4. The van der Waals surface area contributed by atoms with E-state index in [4.69, 9.17) is 4.52 Å². The molecule has 8 nitrogen and oxygen atoms in total. The molecule has 1 aromatic carbocycles. The van der Waals surface area contributed by atoms with Crippen LogP contribution < -0.4 is 0 Å². The third-order valence-electron chi connectivity index (χ3n) is 4.59. The SMILES string of the molecule is CN1CCN(Cc2noc(-c3cn(C/C=C/c4ccccc4)nn3)n2)CC1. The Hall–Kier alpha value is -2.84. The summed E-state index contributed by atoms with van der Waals surface area (Å²) in [6.45, 7) is 5.50. The van der Waals surface area contributed by atoms with E-state index in [1.807, 2.05) is 30.5 Å². The average molecular weight is 365 g/mol. The Bertz CT molecular complexity index is 878. The molecule has 0 bridgehead atoms. The molecule has 1 aliphatic heterocycles. The van der Waals surface area contributed by atoms with Gasteiger partial charge in [0.25, 0.3) is 5.89 Å². The van der Waals surface area contributed by atoms with Gasteiger partial charge in [-0.15, -0.1) is 5.10 Å². The zero-order chi connectivity index (χ0) is 18.5. The van der Waals surface area contributed by atoms with E-state index in [1.165, 1.54) is 0 Å². The molecule has 0 atom stereocenters. The Morgan fingerprint density at radius 1 is 1.11 bits per heavy atom. The molecule has 4 rings (SSSR count). The molecule has 0 aliphatic carbocycles. The van der Waals surface area contributed by atoms with E-state index >= 15 is 0 Å². The topological polar surface area (TPSA) is 76.1 Å². The van der Waals surface area contributed by atoms with E-state index in [0.29, 0.717) is 30.5 Å². The second-order valence-electron chi connectivity index (χ2n) is 6.73. The summed E-state index contributed by atoms with van der Waals surface area (Å²) in [6, 6.07) is 10.2. The van der Waals surface area contributed by atoms with E-state index in [1.54, 1.807) is 4.68 Å². The Morgan fingerprint density at radius 3 is 2.74 bits per heavy atom. The van der Waals surface area contributed by atoms with Crippen LogP contribution in [0.15, 0.2) is 47.1 Å². The smallest absolute Gasteiger partial charge is 0.280 e. The highest BCUT2D eigenvalue weighted by atomic mass is 16.5. The lowest BCUT2D eigenvalue weighted by molar-refractivity contribution is 0.144. The Balaban J connectivity index is 1.34. The van der Waals surface area contributed by atoms with Gasteiger partial charge in [0.1, 0.15) is 0 Å². The van der Waals surface area contributed by atoms with Crippen molar-refractivity contribution in [2.45, 2.75) is 13.1 Å². The molecule has 1 saturated heterocycles. The fourth-order valence-electron chi connectivity index (χ4n) is 2.97. The summed E-state index contributed by atoms with van der Waals surface area (Å²) >= 11 is 0. The van der Waals surface area contributed by atoms with E-state index in [9.17, 15) is 0 Å². The Kier molecular flexibility index (Phi) is 5.36. The fourth-order valence-corrected chi connectivity index (χ4v) is 2.97. The number of aromatic nitrogens is 5. The second-order valence-corrected chi connectivity index (χ2v) is 6.73. The monoisotopic (exact) mass is 365 g/mol. The van der Waals surface area contributed by atoms with E-state index in [0.717, 1.165) is 31.7 Å². The first-order chi connectivity index (χ1) is 13.3. The summed E-state index contributed by atoms with van der Waals surface area (Å²) in [6.07, 6.45) is 5.92. The third kappa shape index (κ3) is 4.66. The highest BCUT2D eigenvalue weighted by Crippen LogP contribution is 2.14. The molecule has 0 amide bonds. The van der Waals surface area contributed by atoms with E-state index in [-0.39, 0.29) is 0 Å². The lowest BCUT2D eigenvalue weighted by Crippen LogP contribution is -2.44. The van der Waals surface area contributed by atoms with Crippen LogP contribution in [-0.4, -0.2) is 68.2 Å². The number of nitrogens with zero attached hydrogens (tertiary/aromatic N) is 7. The molecular formula is C19H23N7O. The van der Waals surface area contributed by atoms with Gasteiger partial charge in [-0.3, -0.25) is 4.90 Å². The molecule has 0 saturated carbocycles. The summed E-state index contributed by atoms with van der Waals surface area (Å²) in [4.78, 5) is 9.12.